The second-order valence-electron chi connectivity index (χ2n) is 2.12. The standard InChI is InChI=1S/C6H12N2O3.ClH/c1-11-5(9)3-2-4(7)6(8)10;/h4H,2-3,7H2,1H3,(H2,8,10);1H/t4-;/m1./s1. The number of halogens is 1. The second kappa shape index (κ2) is 6.87. The molecule has 1 amide bonds. The molecule has 0 saturated heterocycles. The molecule has 0 saturated carbocycles. The monoisotopic (exact) mass is 196 g/mol. The lowest BCUT2D eigenvalue weighted by Gasteiger charge is -2.04. The summed E-state index contributed by atoms with van der Waals surface area (Å²) in [4.78, 5) is 20.9. The largest absolute Gasteiger partial charge is 0.469 e. The number of rotatable bonds is 4. The van der Waals surface area contributed by atoms with E-state index in [4.69, 9.17) is 11.5 Å². The van der Waals surface area contributed by atoms with Crippen LogP contribution in [0.15, 0.2) is 0 Å². The predicted octanol–water partition coefficient (Wildman–Crippen LogP) is -0.826. The molecule has 72 valence electrons. The van der Waals surface area contributed by atoms with Crippen molar-refractivity contribution in [2.45, 2.75) is 18.9 Å². The number of methoxy groups -OCH3 is 1. The zero-order valence-electron chi connectivity index (χ0n) is 6.78. The first-order valence-electron chi connectivity index (χ1n) is 3.19. The van der Waals surface area contributed by atoms with Gasteiger partial charge in [-0.1, -0.05) is 0 Å². The van der Waals surface area contributed by atoms with Gasteiger partial charge in [-0.2, -0.15) is 0 Å². The van der Waals surface area contributed by atoms with Gasteiger partial charge in [-0.05, 0) is 6.42 Å². The van der Waals surface area contributed by atoms with Crippen LogP contribution < -0.4 is 11.5 Å². The molecule has 0 aliphatic carbocycles. The van der Waals surface area contributed by atoms with Gasteiger partial charge in [0.25, 0.3) is 0 Å². The first-order chi connectivity index (χ1) is 5.07. The summed E-state index contributed by atoms with van der Waals surface area (Å²) in [6, 6.07) is -0.755. The predicted molar refractivity (Wildman–Crippen MR) is 45.7 cm³/mol. The molecule has 0 spiro atoms. The Bertz CT molecular complexity index is 163. The molecule has 0 bridgehead atoms. The summed E-state index contributed by atoms with van der Waals surface area (Å²) < 4.78 is 4.33. The number of carbonyl (C=O) groups excluding carboxylic acids is 2. The molecule has 1 atom stereocenters. The van der Waals surface area contributed by atoms with E-state index in [1.54, 1.807) is 0 Å². The Kier molecular flexibility index (Phi) is 7.88. The number of esters is 1. The lowest BCUT2D eigenvalue weighted by atomic mass is 10.1. The van der Waals surface area contributed by atoms with Crippen LogP contribution in [0.5, 0.6) is 0 Å². The summed E-state index contributed by atoms with van der Waals surface area (Å²) in [5.41, 5.74) is 10.1. The van der Waals surface area contributed by atoms with Gasteiger partial charge in [0.15, 0.2) is 0 Å². The fraction of sp³-hybridized carbons (Fsp3) is 0.667. The Hall–Kier alpha value is -0.810. The van der Waals surface area contributed by atoms with Gasteiger partial charge in [0.2, 0.25) is 5.91 Å². The maximum atomic E-state index is 10.5. The topological polar surface area (TPSA) is 95.4 Å². The van der Waals surface area contributed by atoms with Crippen molar-refractivity contribution in [3.8, 4) is 0 Å². The van der Waals surface area contributed by atoms with Crippen molar-refractivity contribution in [2.75, 3.05) is 7.11 Å². The molecule has 0 rings (SSSR count). The van der Waals surface area contributed by atoms with E-state index in [0.29, 0.717) is 0 Å². The van der Waals surface area contributed by atoms with Gasteiger partial charge in [0, 0.05) is 6.42 Å². The summed E-state index contributed by atoms with van der Waals surface area (Å²) in [7, 11) is 1.28. The van der Waals surface area contributed by atoms with Crippen molar-refractivity contribution in [3.63, 3.8) is 0 Å². The third kappa shape index (κ3) is 5.94. The number of primary amides is 1. The van der Waals surface area contributed by atoms with Crippen LogP contribution in [0, 0.1) is 0 Å². The summed E-state index contributed by atoms with van der Waals surface area (Å²) in [5, 5.41) is 0. The zero-order chi connectivity index (χ0) is 8.85. The van der Waals surface area contributed by atoms with Crippen LogP contribution in [0.2, 0.25) is 0 Å². The van der Waals surface area contributed by atoms with Gasteiger partial charge in [-0.15, -0.1) is 12.4 Å². The van der Waals surface area contributed by atoms with Crippen LogP contribution >= 0.6 is 12.4 Å². The molecule has 6 heteroatoms. The molecule has 0 fully saturated rings. The van der Waals surface area contributed by atoms with Crippen molar-refractivity contribution in [1.82, 2.24) is 0 Å². The highest BCUT2D eigenvalue weighted by Gasteiger charge is 2.11. The Balaban J connectivity index is 0. The molecule has 12 heavy (non-hydrogen) atoms. The third-order valence-corrected chi connectivity index (χ3v) is 1.25. The SMILES string of the molecule is COC(=O)CC[C@@H](N)C(N)=O.Cl. The van der Waals surface area contributed by atoms with E-state index < -0.39 is 11.9 Å². The van der Waals surface area contributed by atoms with E-state index in [-0.39, 0.29) is 31.2 Å². The number of ether oxygens (including phenoxy) is 1. The van der Waals surface area contributed by atoms with Crippen LogP contribution in [-0.4, -0.2) is 25.0 Å². The highest BCUT2D eigenvalue weighted by atomic mass is 35.5. The highest BCUT2D eigenvalue weighted by Crippen LogP contribution is 1.94. The van der Waals surface area contributed by atoms with E-state index in [0.717, 1.165) is 0 Å². The Morgan fingerprint density at radius 1 is 1.50 bits per heavy atom. The normalized spacial score (nSPS) is 11.2. The maximum Gasteiger partial charge on any atom is 0.305 e. The number of nitrogens with two attached hydrogens (primary N) is 2. The van der Waals surface area contributed by atoms with Gasteiger partial charge in [0.05, 0.1) is 13.2 Å². The van der Waals surface area contributed by atoms with Crippen molar-refractivity contribution >= 4 is 24.3 Å². The molecule has 5 nitrogen and oxygen atoms in total. The second-order valence-corrected chi connectivity index (χ2v) is 2.12. The summed E-state index contributed by atoms with van der Waals surface area (Å²) in [5.74, 6) is -0.990. The van der Waals surface area contributed by atoms with E-state index >= 15 is 0 Å². The lowest BCUT2D eigenvalue weighted by Crippen LogP contribution is -2.36. The minimum absolute atomic E-state index is 0. The van der Waals surface area contributed by atoms with E-state index in [1.807, 2.05) is 0 Å². The average molecular weight is 197 g/mol. The zero-order valence-corrected chi connectivity index (χ0v) is 7.60. The molecule has 0 aromatic rings. The van der Waals surface area contributed by atoms with Gasteiger partial charge >= 0.3 is 5.97 Å². The van der Waals surface area contributed by atoms with Gasteiger partial charge in [0.1, 0.15) is 0 Å². The minimum Gasteiger partial charge on any atom is -0.469 e. The number of carbonyl (C=O) groups is 2. The highest BCUT2D eigenvalue weighted by molar-refractivity contribution is 5.85. The Morgan fingerprint density at radius 3 is 2.33 bits per heavy atom. The molecule has 0 heterocycles. The quantitative estimate of drug-likeness (QED) is 0.574. The maximum absolute atomic E-state index is 10.5. The molecule has 0 aromatic carbocycles. The van der Waals surface area contributed by atoms with Crippen LogP contribution in [0.25, 0.3) is 0 Å². The Labute approximate surface area is 76.8 Å². The van der Waals surface area contributed by atoms with Gasteiger partial charge in [-0.3, -0.25) is 9.59 Å². The molecular formula is C6H13ClN2O3. The summed E-state index contributed by atoms with van der Waals surface area (Å²) in [6.45, 7) is 0. The number of hydrogen-bond acceptors (Lipinski definition) is 4. The first kappa shape index (κ1) is 13.8. The smallest absolute Gasteiger partial charge is 0.305 e. The van der Waals surface area contributed by atoms with Crippen molar-refractivity contribution in [2.24, 2.45) is 11.5 Å². The van der Waals surface area contributed by atoms with Gasteiger partial charge in [-0.25, -0.2) is 0 Å². The number of hydrogen-bond donors (Lipinski definition) is 2. The van der Waals surface area contributed by atoms with Crippen LogP contribution in [0.3, 0.4) is 0 Å². The van der Waals surface area contributed by atoms with Crippen LogP contribution in [-0.2, 0) is 14.3 Å². The Morgan fingerprint density at radius 2 is 2.00 bits per heavy atom. The fourth-order valence-electron chi connectivity index (χ4n) is 0.518. The van der Waals surface area contributed by atoms with Crippen LogP contribution in [0.1, 0.15) is 12.8 Å². The summed E-state index contributed by atoms with van der Waals surface area (Å²) >= 11 is 0. The molecule has 4 N–H and O–H groups in total. The van der Waals surface area contributed by atoms with Crippen molar-refractivity contribution in [1.29, 1.82) is 0 Å². The molecule has 0 aliphatic rings. The fourth-order valence-corrected chi connectivity index (χ4v) is 0.518. The van der Waals surface area contributed by atoms with E-state index in [2.05, 4.69) is 4.74 Å². The van der Waals surface area contributed by atoms with E-state index in [1.165, 1.54) is 7.11 Å². The van der Waals surface area contributed by atoms with Crippen molar-refractivity contribution < 1.29 is 14.3 Å². The van der Waals surface area contributed by atoms with E-state index in [9.17, 15) is 9.59 Å². The number of amides is 1. The van der Waals surface area contributed by atoms with Crippen LogP contribution in [0.4, 0.5) is 0 Å². The average Bonchev–Trinajstić information content (AvgIpc) is 1.99. The molecular weight excluding hydrogens is 184 g/mol. The minimum atomic E-state index is -0.755. The molecule has 0 radical (unpaired) electrons. The lowest BCUT2D eigenvalue weighted by molar-refractivity contribution is -0.140. The van der Waals surface area contributed by atoms with Crippen molar-refractivity contribution in [3.05, 3.63) is 0 Å². The molecule has 0 aliphatic heterocycles. The molecule has 0 unspecified atom stereocenters. The van der Waals surface area contributed by atoms with Gasteiger partial charge < -0.3 is 16.2 Å². The third-order valence-electron chi connectivity index (χ3n) is 1.25. The molecule has 0 aromatic heterocycles. The first-order valence-corrected chi connectivity index (χ1v) is 3.19. The summed E-state index contributed by atoms with van der Waals surface area (Å²) in [6.07, 6.45) is 0.364.